The standard InChI is InChI=1S/C10H12OS/c1-2-9(11)8-12-10-6-4-3-5-7-10/h3-7H,2,8H2,1H3. The highest BCUT2D eigenvalue weighted by molar-refractivity contribution is 8.00. The summed E-state index contributed by atoms with van der Waals surface area (Å²) in [6, 6.07) is 9.99. The quantitative estimate of drug-likeness (QED) is 0.663. The highest BCUT2D eigenvalue weighted by Gasteiger charge is 1.98. The summed E-state index contributed by atoms with van der Waals surface area (Å²) < 4.78 is 0. The first kappa shape index (κ1) is 9.33. The second-order valence-corrected chi connectivity index (χ2v) is 3.54. The number of Topliss-reactive ketones (excluding diaryl/α,β-unsaturated/α-hetero) is 1. The molecule has 1 rings (SSSR count). The number of hydrogen-bond donors (Lipinski definition) is 0. The zero-order valence-corrected chi connectivity index (χ0v) is 7.93. The number of ketones is 1. The van der Waals surface area contributed by atoms with E-state index in [2.05, 4.69) is 0 Å². The molecule has 2 heteroatoms. The summed E-state index contributed by atoms with van der Waals surface area (Å²) in [5.41, 5.74) is 0. The summed E-state index contributed by atoms with van der Waals surface area (Å²) in [6.07, 6.45) is 0.639. The van der Waals surface area contributed by atoms with Gasteiger partial charge in [-0.1, -0.05) is 25.1 Å². The SMILES string of the molecule is CCC(=O)CSc1ccccc1. The number of thioether (sulfide) groups is 1. The Bertz CT molecular complexity index is 243. The van der Waals surface area contributed by atoms with Gasteiger partial charge in [0.2, 0.25) is 0 Å². The Kier molecular flexibility index (Phi) is 3.88. The van der Waals surface area contributed by atoms with Crippen LogP contribution in [0.15, 0.2) is 35.2 Å². The molecule has 1 aromatic carbocycles. The van der Waals surface area contributed by atoms with Crippen LogP contribution in [0.1, 0.15) is 13.3 Å². The molecule has 0 N–H and O–H groups in total. The molecular formula is C10H12OS. The lowest BCUT2D eigenvalue weighted by atomic mass is 10.4. The summed E-state index contributed by atoms with van der Waals surface area (Å²) in [4.78, 5) is 12.1. The van der Waals surface area contributed by atoms with Crippen LogP contribution in [0.2, 0.25) is 0 Å². The van der Waals surface area contributed by atoms with Crippen molar-refractivity contribution in [1.29, 1.82) is 0 Å². The van der Waals surface area contributed by atoms with E-state index in [1.54, 1.807) is 11.8 Å². The third-order valence-electron chi connectivity index (χ3n) is 1.54. The summed E-state index contributed by atoms with van der Waals surface area (Å²) in [5, 5.41) is 0. The predicted octanol–water partition coefficient (Wildman–Crippen LogP) is 2.76. The van der Waals surface area contributed by atoms with Gasteiger partial charge in [0.1, 0.15) is 5.78 Å². The number of benzene rings is 1. The van der Waals surface area contributed by atoms with E-state index in [4.69, 9.17) is 0 Å². The van der Waals surface area contributed by atoms with Crippen LogP contribution >= 0.6 is 11.8 Å². The highest BCUT2D eigenvalue weighted by atomic mass is 32.2. The maximum atomic E-state index is 11.0. The topological polar surface area (TPSA) is 17.1 Å². The minimum Gasteiger partial charge on any atom is -0.299 e. The fourth-order valence-electron chi connectivity index (χ4n) is 0.783. The van der Waals surface area contributed by atoms with Gasteiger partial charge in [-0.15, -0.1) is 11.8 Å². The van der Waals surface area contributed by atoms with Gasteiger partial charge in [0.05, 0.1) is 5.75 Å². The molecule has 0 aliphatic carbocycles. The minimum atomic E-state index is 0.309. The van der Waals surface area contributed by atoms with E-state index >= 15 is 0 Å². The van der Waals surface area contributed by atoms with Crippen LogP contribution in [0.25, 0.3) is 0 Å². The van der Waals surface area contributed by atoms with Gasteiger partial charge in [0.25, 0.3) is 0 Å². The Morgan fingerprint density at radius 2 is 2.00 bits per heavy atom. The lowest BCUT2D eigenvalue weighted by molar-refractivity contribution is -0.116. The van der Waals surface area contributed by atoms with E-state index in [0.717, 1.165) is 0 Å². The molecule has 0 fully saturated rings. The van der Waals surface area contributed by atoms with Crippen LogP contribution < -0.4 is 0 Å². The zero-order valence-electron chi connectivity index (χ0n) is 7.12. The fraction of sp³-hybridized carbons (Fsp3) is 0.300. The number of rotatable bonds is 4. The molecule has 0 bridgehead atoms. The van der Waals surface area contributed by atoms with Crippen molar-refractivity contribution in [2.45, 2.75) is 18.2 Å². The average molecular weight is 180 g/mol. The van der Waals surface area contributed by atoms with Crippen LogP contribution in [0, 0.1) is 0 Å². The molecule has 0 saturated carbocycles. The monoisotopic (exact) mass is 180 g/mol. The van der Waals surface area contributed by atoms with E-state index in [-0.39, 0.29) is 0 Å². The van der Waals surface area contributed by atoms with Gasteiger partial charge < -0.3 is 0 Å². The third kappa shape index (κ3) is 3.09. The zero-order chi connectivity index (χ0) is 8.81. The van der Waals surface area contributed by atoms with Crippen molar-refractivity contribution in [3.8, 4) is 0 Å². The molecule has 0 aliphatic rings. The molecule has 1 aromatic rings. The van der Waals surface area contributed by atoms with Crippen molar-refractivity contribution in [2.24, 2.45) is 0 Å². The number of hydrogen-bond acceptors (Lipinski definition) is 2. The van der Waals surface area contributed by atoms with Crippen molar-refractivity contribution in [3.63, 3.8) is 0 Å². The summed E-state index contributed by atoms with van der Waals surface area (Å²) in [7, 11) is 0. The summed E-state index contributed by atoms with van der Waals surface area (Å²) in [6.45, 7) is 1.90. The predicted molar refractivity (Wildman–Crippen MR) is 52.5 cm³/mol. The Morgan fingerprint density at radius 1 is 1.33 bits per heavy atom. The van der Waals surface area contributed by atoms with Gasteiger partial charge in [0, 0.05) is 11.3 Å². The van der Waals surface area contributed by atoms with Gasteiger partial charge >= 0.3 is 0 Å². The van der Waals surface area contributed by atoms with Crippen LogP contribution in [-0.2, 0) is 4.79 Å². The molecule has 0 spiro atoms. The molecule has 0 aromatic heterocycles. The van der Waals surface area contributed by atoms with E-state index in [1.165, 1.54) is 4.90 Å². The van der Waals surface area contributed by atoms with Gasteiger partial charge in [0.15, 0.2) is 0 Å². The fourth-order valence-corrected chi connectivity index (χ4v) is 1.66. The van der Waals surface area contributed by atoms with Crippen molar-refractivity contribution >= 4 is 17.5 Å². The third-order valence-corrected chi connectivity index (χ3v) is 2.61. The smallest absolute Gasteiger partial charge is 0.142 e. The van der Waals surface area contributed by atoms with Crippen LogP contribution in [0.3, 0.4) is 0 Å². The average Bonchev–Trinajstić information content (AvgIpc) is 2.16. The Morgan fingerprint density at radius 3 is 2.58 bits per heavy atom. The van der Waals surface area contributed by atoms with E-state index < -0.39 is 0 Å². The molecule has 0 heterocycles. The maximum absolute atomic E-state index is 11.0. The highest BCUT2D eigenvalue weighted by Crippen LogP contribution is 2.16. The van der Waals surface area contributed by atoms with Crippen molar-refractivity contribution in [1.82, 2.24) is 0 Å². The van der Waals surface area contributed by atoms with Gasteiger partial charge in [-0.25, -0.2) is 0 Å². The molecule has 0 saturated heterocycles. The lowest BCUT2D eigenvalue weighted by Gasteiger charge is -1.97. The first-order valence-corrected chi connectivity index (χ1v) is 5.01. The molecular weight excluding hydrogens is 168 g/mol. The van der Waals surface area contributed by atoms with Crippen molar-refractivity contribution in [2.75, 3.05) is 5.75 Å². The maximum Gasteiger partial charge on any atom is 0.142 e. The largest absolute Gasteiger partial charge is 0.299 e. The van der Waals surface area contributed by atoms with Crippen LogP contribution in [0.5, 0.6) is 0 Å². The van der Waals surface area contributed by atoms with Crippen molar-refractivity contribution < 1.29 is 4.79 Å². The van der Waals surface area contributed by atoms with E-state index in [1.807, 2.05) is 37.3 Å². The Labute approximate surface area is 77.2 Å². The second-order valence-electron chi connectivity index (χ2n) is 2.49. The minimum absolute atomic E-state index is 0.309. The molecule has 0 unspecified atom stereocenters. The van der Waals surface area contributed by atoms with Gasteiger partial charge in [-0.2, -0.15) is 0 Å². The van der Waals surface area contributed by atoms with Gasteiger partial charge in [-0.05, 0) is 12.1 Å². The molecule has 0 amide bonds. The normalized spacial score (nSPS) is 9.75. The molecule has 0 aliphatic heterocycles. The van der Waals surface area contributed by atoms with Crippen LogP contribution in [-0.4, -0.2) is 11.5 Å². The molecule has 12 heavy (non-hydrogen) atoms. The number of carbonyl (C=O) groups is 1. The molecule has 1 nitrogen and oxygen atoms in total. The Balaban J connectivity index is 2.38. The summed E-state index contributed by atoms with van der Waals surface area (Å²) >= 11 is 1.60. The molecule has 0 atom stereocenters. The second kappa shape index (κ2) is 4.99. The Hall–Kier alpha value is -0.760. The molecule has 0 radical (unpaired) electrons. The molecule has 64 valence electrons. The lowest BCUT2D eigenvalue weighted by Crippen LogP contribution is -1.97. The summed E-state index contributed by atoms with van der Waals surface area (Å²) in [5.74, 6) is 0.907. The van der Waals surface area contributed by atoms with Crippen molar-refractivity contribution in [3.05, 3.63) is 30.3 Å². The van der Waals surface area contributed by atoms with E-state index in [0.29, 0.717) is 18.0 Å². The van der Waals surface area contributed by atoms with Crippen LogP contribution in [0.4, 0.5) is 0 Å². The first-order chi connectivity index (χ1) is 5.83. The van der Waals surface area contributed by atoms with Gasteiger partial charge in [-0.3, -0.25) is 4.79 Å². The number of carbonyl (C=O) groups excluding carboxylic acids is 1. The van der Waals surface area contributed by atoms with E-state index in [9.17, 15) is 4.79 Å². The first-order valence-electron chi connectivity index (χ1n) is 4.02.